The molecule has 1 aliphatic heterocycles. The van der Waals surface area contributed by atoms with Crippen LogP contribution in [0.5, 0.6) is 0 Å². The maximum absolute atomic E-state index is 12.4. The maximum Gasteiger partial charge on any atom is 0.0957 e. The van der Waals surface area contributed by atoms with Crippen molar-refractivity contribution in [3.05, 3.63) is 25.1 Å². The highest BCUT2D eigenvalue weighted by atomic mass is 19.1. The molecular formula is C16H32FNO. The van der Waals surface area contributed by atoms with E-state index in [4.69, 9.17) is 4.74 Å². The Morgan fingerprint density at radius 3 is 2.05 bits per heavy atom. The van der Waals surface area contributed by atoms with Crippen molar-refractivity contribution in [2.45, 2.75) is 52.6 Å². The highest BCUT2D eigenvalue weighted by Gasteiger charge is 2.11. The lowest BCUT2D eigenvalue weighted by Gasteiger charge is -2.14. The first kappa shape index (κ1) is 20.6. The van der Waals surface area contributed by atoms with Crippen molar-refractivity contribution >= 4 is 0 Å². The Kier molecular flexibility index (Phi) is 16.7. The van der Waals surface area contributed by atoms with Gasteiger partial charge < -0.3 is 10.1 Å². The fourth-order valence-electron chi connectivity index (χ4n) is 1.57. The van der Waals surface area contributed by atoms with Crippen LogP contribution in [0.1, 0.15) is 46.5 Å². The van der Waals surface area contributed by atoms with E-state index in [2.05, 4.69) is 18.5 Å². The highest BCUT2D eigenvalue weighted by Crippen LogP contribution is 2.17. The van der Waals surface area contributed by atoms with Crippen LogP contribution in [0.3, 0.4) is 0 Å². The summed E-state index contributed by atoms with van der Waals surface area (Å²) in [4.78, 5) is 0. The number of allylic oxidation sites excluding steroid dienone is 1. The summed E-state index contributed by atoms with van der Waals surface area (Å²) in [5.41, 5.74) is 0. The molecule has 1 fully saturated rings. The van der Waals surface area contributed by atoms with E-state index in [1.54, 1.807) is 20.1 Å². The molecule has 1 aliphatic rings. The summed E-state index contributed by atoms with van der Waals surface area (Å²) in [7, 11) is 1.58. The van der Waals surface area contributed by atoms with Crippen molar-refractivity contribution in [2.75, 3.05) is 20.2 Å². The van der Waals surface area contributed by atoms with Gasteiger partial charge in [-0.1, -0.05) is 39.8 Å². The van der Waals surface area contributed by atoms with Gasteiger partial charge in [-0.25, -0.2) is 4.39 Å². The lowest BCUT2D eigenvalue weighted by Crippen LogP contribution is -2.21. The second kappa shape index (κ2) is 15.4. The van der Waals surface area contributed by atoms with Crippen LogP contribution in [-0.4, -0.2) is 26.3 Å². The van der Waals surface area contributed by atoms with Gasteiger partial charge in [0.2, 0.25) is 0 Å². The fourth-order valence-corrected chi connectivity index (χ4v) is 1.57. The smallest absolute Gasteiger partial charge is 0.0957 e. The number of methoxy groups -OCH3 is 1. The first-order valence-electron chi connectivity index (χ1n) is 7.32. The van der Waals surface area contributed by atoms with Crippen molar-refractivity contribution in [1.82, 2.24) is 5.32 Å². The normalized spacial score (nSPS) is 16.9. The van der Waals surface area contributed by atoms with Crippen molar-refractivity contribution in [2.24, 2.45) is 5.92 Å². The van der Waals surface area contributed by atoms with Crippen LogP contribution in [0.2, 0.25) is 0 Å². The minimum Gasteiger partial charge on any atom is -0.377 e. The Morgan fingerprint density at radius 2 is 1.84 bits per heavy atom. The number of piperidine rings is 1. The third-order valence-electron chi connectivity index (χ3n) is 2.89. The summed E-state index contributed by atoms with van der Waals surface area (Å²) in [5.74, 6) is -0.452. The third-order valence-corrected chi connectivity index (χ3v) is 2.89. The van der Waals surface area contributed by atoms with Crippen molar-refractivity contribution in [1.29, 1.82) is 0 Å². The number of hydrogen-bond donors (Lipinski definition) is 1. The quantitative estimate of drug-likeness (QED) is 0.746. The minimum absolute atomic E-state index is 0.0718. The van der Waals surface area contributed by atoms with Gasteiger partial charge in [-0.3, -0.25) is 0 Å². The van der Waals surface area contributed by atoms with Crippen LogP contribution >= 0.6 is 0 Å². The third kappa shape index (κ3) is 13.6. The Morgan fingerprint density at radius 1 is 1.32 bits per heavy atom. The van der Waals surface area contributed by atoms with Crippen LogP contribution in [0.25, 0.3) is 0 Å². The standard InChI is InChI=1S/C9H15FO.C5H11N.C2H6/c1-5-9(11-4)6-7(2)8(3)10;1-2-4-6-5-3-1;1-2/h5,7,9H,1,3,6H2,2,4H3;6H,1-5H2;1-2H3. The molecule has 1 rings (SSSR count). The Hall–Kier alpha value is -0.670. The van der Waals surface area contributed by atoms with Gasteiger partial charge in [0.25, 0.3) is 0 Å². The summed E-state index contributed by atoms with van der Waals surface area (Å²) in [6.07, 6.45) is 6.42. The Labute approximate surface area is 119 Å². The molecule has 0 amide bonds. The highest BCUT2D eigenvalue weighted by molar-refractivity contribution is 4.91. The predicted octanol–water partition coefficient (Wildman–Crippen LogP) is 4.48. The van der Waals surface area contributed by atoms with Gasteiger partial charge in [0.05, 0.1) is 11.9 Å². The van der Waals surface area contributed by atoms with Crippen LogP contribution in [-0.2, 0) is 4.74 Å². The van der Waals surface area contributed by atoms with E-state index in [9.17, 15) is 4.39 Å². The minimum atomic E-state index is -0.297. The number of nitrogens with one attached hydrogen (secondary N) is 1. The van der Waals surface area contributed by atoms with E-state index in [0.717, 1.165) is 0 Å². The SMILES string of the molecule is C1CCNCC1.C=CC(CC(C)C(=C)F)OC.CC. The number of halogens is 1. The van der Waals surface area contributed by atoms with Crippen LogP contribution < -0.4 is 5.32 Å². The summed E-state index contributed by atoms with van der Waals surface area (Å²) in [6.45, 7) is 15.1. The molecule has 0 aromatic carbocycles. The van der Waals surface area contributed by atoms with Crippen LogP contribution in [0.15, 0.2) is 25.1 Å². The molecule has 0 spiro atoms. The molecule has 2 atom stereocenters. The molecule has 114 valence electrons. The molecule has 2 nitrogen and oxygen atoms in total. The van der Waals surface area contributed by atoms with Crippen molar-refractivity contribution in [3.8, 4) is 0 Å². The van der Waals surface area contributed by atoms with E-state index in [1.165, 1.54) is 32.4 Å². The molecule has 0 aromatic heterocycles. The first-order valence-corrected chi connectivity index (χ1v) is 7.32. The molecular weight excluding hydrogens is 241 g/mol. The molecule has 0 bridgehead atoms. The number of hydrogen-bond acceptors (Lipinski definition) is 2. The maximum atomic E-state index is 12.4. The van der Waals surface area contributed by atoms with Crippen molar-refractivity contribution in [3.63, 3.8) is 0 Å². The van der Waals surface area contributed by atoms with Crippen LogP contribution in [0, 0.1) is 5.92 Å². The first-order chi connectivity index (χ1) is 9.11. The second-order valence-corrected chi connectivity index (χ2v) is 4.40. The number of rotatable bonds is 5. The molecule has 1 heterocycles. The monoisotopic (exact) mass is 273 g/mol. The van der Waals surface area contributed by atoms with Gasteiger partial charge in [0.1, 0.15) is 0 Å². The summed E-state index contributed by atoms with van der Waals surface area (Å²) in [6, 6.07) is 0. The largest absolute Gasteiger partial charge is 0.377 e. The Balaban J connectivity index is 0. The molecule has 2 unspecified atom stereocenters. The van der Waals surface area contributed by atoms with Gasteiger partial charge in [0.15, 0.2) is 0 Å². The summed E-state index contributed by atoms with van der Waals surface area (Å²) < 4.78 is 17.4. The summed E-state index contributed by atoms with van der Waals surface area (Å²) in [5, 5.41) is 3.28. The summed E-state index contributed by atoms with van der Waals surface area (Å²) >= 11 is 0. The van der Waals surface area contributed by atoms with E-state index >= 15 is 0 Å². The molecule has 3 heteroatoms. The second-order valence-electron chi connectivity index (χ2n) is 4.40. The lowest BCUT2D eigenvalue weighted by atomic mass is 10.0. The predicted molar refractivity (Wildman–Crippen MR) is 83.1 cm³/mol. The molecule has 0 aliphatic carbocycles. The van der Waals surface area contributed by atoms with Crippen molar-refractivity contribution < 1.29 is 9.13 Å². The average molecular weight is 273 g/mol. The van der Waals surface area contributed by atoms with E-state index in [1.807, 2.05) is 13.8 Å². The lowest BCUT2D eigenvalue weighted by molar-refractivity contribution is 0.121. The zero-order valence-corrected chi connectivity index (χ0v) is 13.2. The van der Waals surface area contributed by atoms with Gasteiger partial charge in [-0.2, -0.15) is 0 Å². The molecule has 19 heavy (non-hydrogen) atoms. The van der Waals surface area contributed by atoms with Gasteiger partial charge in [0, 0.05) is 13.0 Å². The zero-order valence-electron chi connectivity index (χ0n) is 13.2. The van der Waals surface area contributed by atoms with Gasteiger partial charge in [-0.15, -0.1) is 6.58 Å². The van der Waals surface area contributed by atoms with E-state index in [0.29, 0.717) is 6.42 Å². The van der Waals surface area contributed by atoms with Gasteiger partial charge >= 0.3 is 0 Å². The number of ether oxygens (including phenoxy) is 1. The topological polar surface area (TPSA) is 21.3 Å². The molecule has 1 saturated heterocycles. The zero-order chi connectivity index (χ0) is 15.1. The molecule has 0 aromatic rings. The molecule has 0 saturated carbocycles. The van der Waals surface area contributed by atoms with Crippen LogP contribution in [0.4, 0.5) is 4.39 Å². The van der Waals surface area contributed by atoms with E-state index in [-0.39, 0.29) is 17.8 Å². The van der Waals surface area contributed by atoms with Gasteiger partial charge in [-0.05, 0) is 32.4 Å². The molecule has 0 radical (unpaired) electrons. The average Bonchev–Trinajstić information content (AvgIpc) is 2.48. The van der Waals surface area contributed by atoms with E-state index < -0.39 is 0 Å². The fraction of sp³-hybridized carbons (Fsp3) is 0.750. The Bertz CT molecular complexity index is 203. The molecule has 1 N–H and O–H groups in total.